The Hall–Kier alpha value is -1.64. The fourth-order valence-corrected chi connectivity index (χ4v) is 2.50. The molecule has 21 heavy (non-hydrogen) atoms. The Morgan fingerprint density at radius 1 is 1.48 bits per heavy atom. The van der Waals surface area contributed by atoms with Gasteiger partial charge in [-0.05, 0) is 32.4 Å². The normalized spacial score (nSPS) is 13.0. The average molecular weight is 306 g/mol. The maximum atomic E-state index is 12.3. The largest absolute Gasteiger partial charge is 0.350 e. The van der Waals surface area contributed by atoms with Crippen molar-refractivity contribution in [3.8, 4) is 11.8 Å². The molecule has 114 valence electrons. The zero-order valence-electron chi connectivity index (χ0n) is 12.7. The molecule has 0 bridgehead atoms. The van der Waals surface area contributed by atoms with Crippen molar-refractivity contribution in [1.29, 1.82) is 0 Å². The topological polar surface area (TPSA) is 72.2 Å². The summed E-state index contributed by atoms with van der Waals surface area (Å²) in [6.45, 7) is 4.10. The summed E-state index contributed by atoms with van der Waals surface area (Å²) < 4.78 is 11.1. The molecule has 1 amide bonds. The van der Waals surface area contributed by atoms with Crippen LogP contribution < -0.4 is 11.1 Å². The predicted octanol–water partition coefficient (Wildman–Crippen LogP) is 1.19. The number of nitrogens with two attached hydrogens (primary N) is 1. The van der Waals surface area contributed by atoms with E-state index in [0.29, 0.717) is 23.3 Å². The molecule has 0 saturated carbocycles. The standard InChI is InChI=1S/C16H22N2O2S/c1-12-6-7-14(5-4-9-17)15(11-12)16(19)18-13(2)8-10-21(3)20/h6-7,11,13H,8-10,17H2,1-3H3,(H,18,19). The van der Waals surface area contributed by atoms with E-state index in [9.17, 15) is 9.00 Å². The monoisotopic (exact) mass is 306 g/mol. The van der Waals surface area contributed by atoms with Gasteiger partial charge in [0.05, 0.1) is 12.1 Å². The molecule has 5 heteroatoms. The van der Waals surface area contributed by atoms with E-state index in [0.717, 1.165) is 5.56 Å². The van der Waals surface area contributed by atoms with Gasteiger partial charge in [-0.15, -0.1) is 0 Å². The van der Waals surface area contributed by atoms with E-state index in [1.807, 2.05) is 32.0 Å². The van der Waals surface area contributed by atoms with E-state index in [-0.39, 0.29) is 18.5 Å². The minimum Gasteiger partial charge on any atom is -0.350 e. The quantitative estimate of drug-likeness (QED) is 0.803. The van der Waals surface area contributed by atoms with E-state index in [2.05, 4.69) is 17.2 Å². The number of carbonyl (C=O) groups excluding carboxylic acids is 1. The molecule has 0 aromatic heterocycles. The summed E-state index contributed by atoms with van der Waals surface area (Å²) in [6.07, 6.45) is 2.35. The molecule has 0 aliphatic carbocycles. The van der Waals surface area contributed by atoms with E-state index in [1.54, 1.807) is 6.26 Å². The second-order valence-electron chi connectivity index (χ2n) is 5.00. The molecule has 0 aliphatic heterocycles. The number of aryl methyl sites for hydroxylation is 1. The number of amides is 1. The van der Waals surface area contributed by atoms with Crippen LogP contribution in [0.3, 0.4) is 0 Å². The van der Waals surface area contributed by atoms with Crippen molar-refractivity contribution >= 4 is 16.7 Å². The molecule has 2 atom stereocenters. The summed E-state index contributed by atoms with van der Waals surface area (Å²) in [6, 6.07) is 5.54. The molecule has 1 aromatic rings. The van der Waals surface area contributed by atoms with Crippen LogP contribution in [-0.4, -0.2) is 34.7 Å². The van der Waals surface area contributed by atoms with Crippen molar-refractivity contribution < 1.29 is 9.00 Å². The maximum Gasteiger partial charge on any atom is 0.252 e. The maximum absolute atomic E-state index is 12.3. The van der Waals surface area contributed by atoms with Gasteiger partial charge < -0.3 is 11.1 Å². The molecule has 1 aromatic carbocycles. The highest BCUT2D eigenvalue weighted by Gasteiger charge is 2.13. The summed E-state index contributed by atoms with van der Waals surface area (Å²) in [7, 11) is -0.845. The summed E-state index contributed by atoms with van der Waals surface area (Å²) in [5.74, 6) is 6.11. The van der Waals surface area contributed by atoms with Crippen LogP contribution in [0.2, 0.25) is 0 Å². The highest BCUT2D eigenvalue weighted by atomic mass is 32.2. The van der Waals surface area contributed by atoms with Crippen LogP contribution in [0, 0.1) is 18.8 Å². The number of hydrogen-bond donors (Lipinski definition) is 2. The first-order valence-corrected chi connectivity index (χ1v) is 8.57. The molecule has 0 spiro atoms. The van der Waals surface area contributed by atoms with Gasteiger partial charge in [-0.2, -0.15) is 0 Å². The number of carbonyl (C=O) groups is 1. The molecule has 2 unspecified atom stereocenters. The Morgan fingerprint density at radius 3 is 2.81 bits per heavy atom. The van der Waals surface area contributed by atoms with E-state index < -0.39 is 10.8 Å². The minimum absolute atomic E-state index is 0.0303. The van der Waals surface area contributed by atoms with Crippen molar-refractivity contribution in [2.75, 3.05) is 18.6 Å². The molecular weight excluding hydrogens is 284 g/mol. The molecule has 0 heterocycles. The van der Waals surface area contributed by atoms with Crippen molar-refractivity contribution in [1.82, 2.24) is 5.32 Å². The Morgan fingerprint density at radius 2 is 2.19 bits per heavy atom. The van der Waals surface area contributed by atoms with Gasteiger partial charge in [0.25, 0.3) is 5.91 Å². The molecule has 3 N–H and O–H groups in total. The van der Waals surface area contributed by atoms with Gasteiger partial charge in [0, 0.05) is 34.4 Å². The molecule has 0 fully saturated rings. The van der Waals surface area contributed by atoms with Gasteiger partial charge in [0.15, 0.2) is 0 Å². The first kappa shape index (κ1) is 17.4. The lowest BCUT2D eigenvalue weighted by Crippen LogP contribution is -2.34. The number of benzene rings is 1. The minimum atomic E-state index is -0.845. The molecule has 0 saturated heterocycles. The van der Waals surface area contributed by atoms with Gasteiger partial charge in [-0.1, -0.05) is 23.5 Å². The van der Waals surface area contributed by atoms with Crippen LogP contribution in [0.25, 0.3) is 0 Å². The first-order valence-electron chi connectivity index (χ1n) is 6.84. The van der Waals surface area contributed by atoms with Gasteiger partial charge >= 0.3 is 0 Å². The van der Waals surface area contributed by atoms with Crippen molar-refractivity contribution in [3.63, 3.8) is 0 Å². The predicted molar refractivity (Wildman–Crippen MR) is 87.6 cm³/mol. The lowest BCUT2D eigenvalue weighted by atomic mass is 10.0. The average Bonchev–Trinajstić information content (AvgIpc) is 2.43. The Balaban J connectivity index is 2.85. The highest BCUT2D eigenvalue weighted by Crippen LogP contribution is 2.11. The lowest BCUT2D eigenvalue weighted by Gasteiger charge is -2.14. The van der Waals surface area contributed by atoms with Crippen LogP contribution in [-0.2, 0) is 10.8 Å². The third-order valence-electron chi connectivity index (χ3n) is 2.96. The van der Waals surface area contributed by atoms with Crippen LogP contribution in [0.15, 0.2) is 18.2 Å². The molecule has 0 aliphatic rings. The molecular formula is C16H22N2O2S. The fourth-order valence-electron chi connectivity index (χ4n) is 1.82. The molecule has 0 radical (unpaired) electrons. The van der Waals surface area contributed by atoms with Gasteiger partial charge in [-0.3, -0.25) is 9.00 Å². The smallest absolute Gasteiger partial charge is 0.252 e. The first-order chi connectivity index (χ1) is 9.93. The summed E-state index contributed by atoms with van der Waals surface area (Å²) >= 11 is 0. The van der Waals surface area contributed by atoms with Gasteiger partial charge in [0.2, 0.25) is 0 Å². The number of nitrogens with one attached hydrogen (secondary N) is 1. The van der Waals surface area contributed by atoms with Crippen LogP contribution in [0.4, 0.5) is 0 Å². The van der Waals surface area contributed by atoms with Crippen molar-refractivity contribution in [3.05, 3.63) is 34.9 Å². The Labute approximate surface area is 129 Å². The van der Waals surface area contributed by atoms with Gasteiger partial charge in [-0.25, -0.2) is 0 Å². The lowest BCUT2D eigenvalue weighted by molar-refractivity contribution is 0.0939. The van der Waals surface area contributed by atoms with Crippen LogP contribution >= 0.6 is 0 Å². The molecule has 4 nitrogen and oxygen atoms in total. The second kappa shape index (κ2) is 8.60. The Kier molecular flexibility index (Phi) is 7.13. The highest BCUT2D eigenvalue weighted by molar-refractivity contribution is 7.84. The second-order valence-corrected chi connectivity index (χ2v) is 6.55. The zero-order valence-corrected chi connectivity index (χ0v) is 13.5. The Bertz CT molecular complexity index is 588. The van der Waals surface area contributed by atoms with E-state index in [4.69, 9.17) is 5.73 Å². The van der Waals surface area contributed by atoms with Crippen molar-refractivity contribution in [2.24, 2.45) is 5.73 Å². The number of hydrogen-bond acceptors (Lipinski definition) is 3. The zero-order chi connectivity index (χ0) is 15.8. The summed E-state index contributed by atoms with van der Waals surface area (Å²) in [5.41, 5.74) is 7.61. The summed E-state index contributed by atoms with van der Waals surface area (Å²) in [5, 5.41) is 2.92. The van der Waals surface area contributed by atoms with Crippen LogP contribution in [0.1, 0.15) is 34.8 Å². The van der Waals surface area contributed by atoms with E-state index in [1.165, 1.54) is 0 Å². The SMILES string of the molecule is Cc1ccc(C#CCN)c(C(=O)NC(C)CCS(C)=O)c1. The van der Waals surface area contributed by atoms with E-state index >= 15 is 0 Å². The molecule has 1 rings (SSSR count). The fraction of sp³-hybridized carbons (Fsp3) is 0.438. The van der Waals surface area contributed by atoms with Gasteiger partial charge in [0.1, 0.15) is 0 Å². The third-order valence-corrected chi connectivity index (χ3v) is 3.77. The third kappa shape index (κ3) is 6.11. The summed E-state index contributed by atoms with van der Waals surface area (Å²) in [4.78, 5) is 12.3. The number of rotatable bonds is 5. The van der Waals surface area contributed by atoms with Crippen molar-refractivity contribution in [2.45, 2.75) is 26.3 Å². The van der Waals surface area contributed by atoms with Crippen LogP contribution in [0.5, 0.6) is 0 Å².